The molecule has 0 bridgehead atoms. The highest BCUT2D eigenvalue weighted by atomic mass is 79.9. The fourth-order valence-electron chi connectivity index (χ4n) is 5.10. The zero-order chi connectivity index (χ0) is 22.2. The third-order valence-corrected chi connectivity index (χ3v) is 7.35. The molecule has 0 radical (unpaired) electrons. The van der Waals surface area contributed by atoms with E-state index in [2.05, 4.69) is 32.7 Å². The zero-order valence-corrected chi connectivity index (χ0v) is 19.3. The Bertz CT molecular complexity index is 955. The quantitative estimate of drug-likeness (QED) is 0.587. The van der Waals surface area contributed by atoms with Crippen molar-refractivity contribution in [2.24, 2.45) is 0 Å². The van der Waals surface area contributed by atoms with E-state index >= 15 is 0 Å². The summed E-state index contributed by atoms with van der Waals surface area (Å²) in [6.45, 7) is 4.76. The third kappa shape index (κ3) is 4.88. The Hall–Kier alpha value is -1.32. The molecular formula is C22H29BrF3N3O2. The van der Waals surface area contributed by atoms with Gasteiger partial charge in [0.1, 0.15) is 0 Å². The first-order chi connectivity index (χ1) is 14.8. The second-order valence-corrected chi connectivity index (χ2v) is 9.57. The Kier molecular flexibility index (Phi) is 6.84. The molecule has 5 nitrogen and oxygen atoms in total. The maximum atomic E-state index is 13.2. The highest BCUT2D eigenvalue weighted by Gasteiger charge is 2.35. The lowest BCUT2D eigenvalue weighted by atomic mass is 9.90. The summed E-state index contributed by atoms with van der Waals surface area (Å²) in [5, 5.41) is 0. The molecule has 4 rings (SSSR count). The first-order valence-corrected chi connectivity index (χ1v) is 11.9. The highest BCUT2D eigenvalue weighted by Crippen LogP contribution is 2.38. The van der Waals surface area contributed by atoms with Crippen molar-refractivity contribution < 1.29 is 17.9 Å². The van der Waals surface area contributed by atoms with Crippen molar-refractivity contribution in [1.29, 1.82) is 0 Å². The number of ether oxygens (including phenoxy) is 1. The van der Waals surface area contributed by atoms with Gasteiger partial charge >= 0.3 is 11.9 Å². The number of aromatic amines is 1. The molecule has 2 aromatic rings. The van der Waals surface area contributed by atoms with Gasteiger partial charge in [0.25, 0.3) is 0 Å². The topological polar surface area (TPSA) is 50.3 Å². The number of nitrogens with zero attached hydrogens (tertiary/aromatic N) is 2. The highest BCUT2D eigenvalue weighted by molar-refractivity contribution is 9.10. The van der Waals surface area contributed by atoms with E-state index in [4.69, 9.17) is 4.74 Å². The molecule has 2 fully saturated rings. The van der Waals surface area contributed by atoms with Crippen LogP contribution in [-0.2, 0) is 10.9 Å². The lowest BCUT2D eigenvalue weighted by Gasteiger charge is -2.41. The SMILES string of the molecule is CCCOC1CCC(N2CCC(n3c(=O)[nH]c4cc(C(F)(F)F)c(Br)cc43)CC2)CC1. The number of hydrogen-bond donors (Lipinski definition) is 1. The number of rotatable bonds is 5. The van der Waals surface area contributed by atoms with Crippen LogP contribution in [0, 0.1) is 0 Å². The number of nitrogens with one attached hydrogen (secondary N) is 1. The van der Waals surface area contributed by atoms with Gasteiger partial charge in [0, 0.05) is 36.3 Å². The smallest absolute Gasteiger partial charge is 0.378 e. The van der Waals surface area contributed by atoms with Crippen LogP contribution in [0.3, 0.4) is 0 Å². The van der Waals surface area contributed by atoms with Crippen molar-refractivity contribution in [2.75, 3.05) is 19.7 Å². The van der Waals surface area contributed by atoms with Gasteiger partial charge in [-0.15, -0.1) is 0 Å². The number of halogens is 4. The Morgan fingerprint density at radius 1 is 1.10 bits per heavy atom. The molecule has 0 spiro atoms. The van der Waals surface area contributed by atoms with Crippen LogP contribution in [0.5, 0.6) is 0 Å². The van der Waals surface area contributed by atoms with E-state index in [1.165, 1.54) is 6.07 Å². The average molecular weight is 504 g/mol. The number of likely N-dealkylation sites (tertiary alicyclic amines) is 1. The van der Waals surface area contributed by atoms with Crippen LogP contribution >= 0.6 is 15.9 Å². The van der Waals surface area contributed by atoms with Crippen molar-refractivity contribution in [3.8, 4) is 0 Å². The van der Waals surface area contributed by atoms with E-state index in [1.807, 2.05) is 0 Å². The lowest BCUT2D eigenvalue weighted by Crippen LogP contribution is -2.45. The number of H-pyrrole nitrogens is 1. The second kappa shape index (κ2) is 9.27. The van der Waals surface area contributed by atoms with Crippen LogP contribution < -0.4 is 5.69 Å². The van der Waals surface area contributed by atoms with Crippen LogP contribution in [-0.4, -0.2) is 46.3 Å². The summed E-state index contributed by atoms with van der Waals surface area (Å²) in [4.78, 5) is 17.7. The van der Waals surface area contributed by atoms with E-state index in [-0.39, 0.29) is 21.7 Å². The molecule has 1 aliphatic carbocycles. The summed E-state index contributed by atoms with van der Waals surface area (Å²) in [7, 11) is 0. The van der Waals surface area contributed by atoms with Gasteiger partial charge < -0.3 is 14.6 Å². The van der Waals surface area contributed by atoms with E-state index in [0.29, 0.717) is 17.7 Å². The number of aromatic nitrogens is 2. The maximum Gasteiger partial charge on any atom is 0.417 e. The molecule has 31 heavy (non-hydrogen) atoms. The molecule has 0 atom stereocenters. The molecule has 1 N–H and O–H groups in total. The van der Waals surface area contributed by atoms with Gasteiger partial charge in [-0.05, 0) is 57.1 Å². The number of imidazole rings is 1. The van der Waals surface area contributed by atoms with Gasteiger partial charge in [-0.3, -0.25) is 4.57 Å². The monoisotopic (exact) mass is 503 g/mol. The van der Waals surface area contributed by atoms with E-state index in [9.17, 15) is 18.0 Å². The standard InChI is InChI=1S/C22H29BrF3N3O2/c1-2-11-31-16-5-3-14(4-6-16)28-9-7-15(8-10-28)29-20-13-18(23)17(22(24,25)26)12-19(20)27-21(29)30/h12-16H,2-11H2,1H3,(H,27,30). The molecular weight excluding hydrogens is 475 g/mol. The Balaban J connectivity index is 1.43. The minimum atomic E-state index is -4.47. The summed E-state index contributed by atoms with van der Waals surface area (Å²) >= 11 is 3.03. The summed E-state index contributed by atoms with van der Waals surface area (Å²) in [6.07, 6.45) is 3.07. The number of hydrogen-bond acceptors (Lipinski definition) is 3. The van der Waals surface area contributed by atoms with E-state index in [0.717, 1.165) is 70.7 Å². The molecule has 0 unspecified atom stereocenters. The molecule has 2 heterocycles. The molecule has 1 aromatic carbocycles. The first kappa shape index (κ1) is 22.9. The van der Waals surface area contributed by atoms with Gasteiger partial charge in [-0.1, -0.05) is 22.9 Å². The average Bonchev–Trinajstić information content (AvgIpc) is 3.06. The molecule has 172 valence electrons. The van der Waals surface area contributed by atoms with Crippen molar-refractivity contribution >= 4 is 27.0 Å². The fourth-order valence-corrected chi connectivity index (χ4v) is 5.65. The van der Waals surface area contributed by atoms with Crippen molar-refractivity contribution in [3.05, 3.63) is 32.7 Å². The molecule has 2 aliphatic rings. The van der Waals surface area contributed by atoms with Crippen molar-refractivity contribution in [3.63, 3.8) is 0 Å². The summed E-state index contributed by atoms with van der Waals surface area (Å²) in [5.41, 5.74) is -0.361. The molecule has 1 aromatic heterocycles. The second-order valence-electron chi connectivity index (χ2n) is 8.72. The van der Waals surface area contributed by atoms with Gasteiger partial charge in [-0.25, -0.2) is 4.79 Å². The number of benzene rings is 1. The van der Waals surface area contributed by atoms with Gasteiger partial charge in [0.05, 0.1) is 22.7 Å². The van der Waals surface area contributed by atoms with Crippen LogP contribution in [0.15, 0.2) is 21.4 Å². The minimum Gasteiger partial charge on any atom is -0.378 e. The summed E-state index contributed by atoms with van der Waals surface area (Å²) < 4.78 is 47.1. The normalized spacial score (nSPS) is 24.2. The number of piperidine rings is 1. The minimum absolute atomic E-state index is 0.00892. The van der Waals surface area contributed by atoms with E-state index < -0.39 is 11.7 Å². The largest absolute Gasteiger partial charge is 0.417 e. The lowest BCUT2D eigenvalue weighted by molar-refractivity contribution is -0.138. The Morgan fingerprint density at radius 2 is 1.77 bits per heavy atom. The van der Waals surface area contributed by atoms with Crippen LogP contribution in [0.4, 0.5) is 13.2 Å². The molecule has 0 amide bonds. The van der Waals surface area contributed by atoms with Gasteiger partial charge in [-0.2, -0.15) is 13.2 Å². The third-order valence-electron chi connectivity index (χ3n) is 6.69. The summed E-state index contributed by atoms with van der Waals surface area (Å²) in [5.74, 6) is 0. The molecule has 1 saturated carbocycles. The van der Waals surface area contributed by atoms with Crippen molar-refractivity contribution in [2.45, 2.75) is 76.2 Å². The Labute approximate surface area is 188 Å². The maximum absolute atomic E-state index is 13.2. The molecule has 9 heteroatoms. The summed E-state index contributed by atoms with van der Waals surface area (Å²) in [6, 6.07) is 2.99. The zero-order valence-electron chi connectivity index (χ0n) is 17.7. The van der Waals surface area contributed by atoms with Crippen LogP contribution in [0.2, 0.25) is 0 Å². The number of alkyl halides is 3. The van der Waals surface area contributed by atoms with Crippen LogP contribution in [0.1, 0.15) is 63.5 Å². The Morgan fingerprint density at radius 3 is 2.39 bits per heavy atom. The number of fused-ring (bicyclic) bond motifs is 1. The van der Waals surface area contributed by atoms with E-state index in [1.54, 1.807) is 4.57 Å². The first-order valence-electron chi connectivity index (χ1n) is 11.1. The molecule has 1 saturated heterocycles. The predicted octanol–water partition coefficient (Wildman–Crippen LogP) is 5.49. The predicted molar refractivity (Wildman–Crippen MR) is 117 cm³/mol. The fraction of sp³-hybridized carbons (Fsp3) is 0.682. The molecule has 1 aliphatic heterocycles. The van der Waals surface area contributed by atoms with Gasteiger partial charge in [0.15, 0.2) is 0 Å². The van der Waals surface area contributed by atoms with Crippen molar-refractivity contribution in [1.82, 2.24) is 14.5 Å². The van der Waals surface area contributed by atoms with Gasteiger partial charge in [0.2, 0.25) is 0 Å². The van der Waals surface area contributed by atoms with Crippen LogP contribution in [0.25, 0.3) is 11.0 Å².